The van der Waals surface area contributed by atoms with Gasteiger partial charge < -0.3 is 9.13 Å². The highest BCUT2D eigenvalue weighted by atomic mass is 32.1. The van der Waals surface area contributed by atoms with Crippen molar-refractivity contribution in [2.24, 2.45) is 0 Å². The van der Waals surface area contributed by atoms with Crippen LogP contribution >= 0.6 is 12.2 Å². The maximum absolute atomic E-state index is 13.9. The number of hydrogen-bond acceptors (Lipinski definition) is 3. The van der Waals surface area contributed by atoms with Gasteiger partial charge in [-0.1, -0.05) is 72.8 Å². The van der Waals surface area contributed by atoms with Gasteiger partial charge in [0.2, 0.25) is 0 Å². The fourth-order valence-corrected chi connectivity index (χ4v) is 8.05. The first-order chi connectivity index (χ1) is 23.3. The van der Waals surface area contributed by atoms with Gasteiger partial charge in [0.1, 0.15) is 5.57 Å². The molecule has 1 aliphatic carbocycles. The predicted molar refractivity (Wildman–Crippen MR) is 200 cm³/mol. The van der Waals surface area contributed by atoms with Gasteiger partial charge in [-0.15, -0.1) is 0 Å². The van der Waals surface area contributed by atoms with Crippen molar-refractivity contribution in [3.63, 3.8) is 0 Å². The maximum atomic E-state index is 13.9. The second-order valence-corrected chi connectivity index (χ2v) is 13.0. The van der Waals surface area contributed by atoms with E-state index in [1.165, 1.54) is 53.2 Å². The molecule has 2 aliphatic rings. The highest BCUT2D eigenvalue weighted by molar-refractivity contribution is 7.80. The van der Waals surface area contributed by atoms with Gasteiger partial charge in [-0.05, 0) is 90.7 Å². The van der Waals surface area contributed by atoms with Crippen molar-refractivity contribution in [3.8, 4) is 0 Å². The number of aryl methyl sites for hydroxylation is 2. The standard InChI is InChI=1S/C41H36N4O2S/c1-5-44-31(29-15-7-11-25-13-9-17-33(44)36(25)29)23-21-27-19-20-28(35(27)38-39(46)42(3)41(48)43(4)40(38)47)22-24-32-30-16-8-12-26-14-10-18-34(37(26)30)45(32)6-2/h7-18,21-24H,5-6,19-20H2,1-4H3/b27-21-,28-22-,31-23-,32-24-. The lowest BCUT2D eigenvalue weighted by molar-refractivity contribution is -0.132. The Morgan fingerprint density at radius 2 is 1.02 bits per heavy atom. The number of rotatable bonds is 4. The van der Waals surface area contributed by atoms with Crippen LogP contribution in [0.4, 0.5) is 0 Å². The lowest BCUT2D eigenvalue weighted by Crippen LogP contribution is -2.53. The number of aromatic nitrogens is 2. The molecule has 0 N–H and O–H groups in total. The van der Waals surface area contributed by atoms with Gasteiger partial charge in [0.15, 0.2) is 5.11 Å². The molecule has 0 bridgehead atoms. The molecule has 0 unspecified atom stereocenters. The van der Waals surface area contributed by atoms with E-state index in [1.807, 2.05) is 0 Å². The van der Waals surface area contributed by atoms with Crippen LogP contribution in [0.25, 0.3) is 55.5 Å². The van der Waals surface area contributed by atoms with Gasteiger partial charge in [-0.3, -0.25) is 19.4 Å². The summed E-state index contributed by atoms with van der Waals surface area (Å²) < 4.78 is 4.68. The molecule has 6 aromatic rings. The molecule has 4 aromatic carbocycles. The van der Waals surface area contributed by atoms with E-state index in [0.717, 1.165) is 34.9 Å². The van der Waals surface area contributed by atoms with Crippen LogP contribution in [0.5, 0.6) is 0 Å². The molecule has 3 heterocycles. The second-order valence-electron chi connectivity index (χ2n) is 12.6. The van der Waals surface area contributed by atoms with Crippen molar-refractivity contribution in [2.45, 2.75) is 39.8 Å². The summed E-state index contributed by atoms with van der Waals surface area (Å²) in [6.07, 6.45) is 10.0. The molecule has 1 aliphatic heterocycles. The number of hydrogen-bond donors (Lipinski definition) is 0. The second kappa shape index (κ2) is 11.5. The summed E-state index contributed by atoms with van der Waals surface area (Å²) in [5.41, 5.74) is 5.25. The van der Waals surface area contributed by atoms with Crippen molar-refractivity contribution in [1.82, 2.24) is 18.9 Å². The minimum Gasteiger partial charge on any atom is -0.341 e. The third-order valence-corrected chi connectivity index (χ3v) is 10.7. The maximum Gasteiger partial charge on any atom is 0.266 e. The largest absolute Gasteiger partial charge is 0.341 e. The number of carbonyl (C=O) groups excluding carboxylic acids is 2. The van der Waals surface area contributed by atoms with Gasteiger partial charge in [0.05, 0.1) is 0 Å². The number of likely N-dealkylation sites (N-methyl/N-ethyl adjacent to an activating group) is 2. The quantitative estimate of drug-likeness (QED) is 0.120. The minimum absolute atomic E-state index is 0.175. The number of amides is 2. The van der Waals surface area contributed by atoms with Crippen LogP contribution in [0.15, 0.2) is 107 Å². The number of thiocarbonyl (C=S) groups is 1. The van der Waals surface area contributed by atoms with Crippen LogP contribution in [-0.2, 0) is 22.7 Å². The van der Waals surface area contributed by atoms with Gasteiger partial charge in [-0.2, -0.15) is 0 Å². The van der Waals surface area contributed by atoms with Crippen LogP contribution < -0.4 is 10.7 Å². The van der Waals surface area contributed by atoms with E-state index in [2.05, 4.69) is 120 Å². The van der Waals surface area contributed by atoms with Crippen molar-refractivity contribution in [2.75, 3.05) is 14.1 Å². The fraction of sp³-hybridized carbons (Fsp3) is 0.195. The molecular weight excluding hydrogens is 613 g/mol. The molecular formula is C41H36N4O2S. The number of benzene rings is 4. The zero-order chi connectivity index (χ0) is 33.3. The molecule has 1 saturated carbocycles. The Labute approximate surface area is 284 Å². The molecule has 2 fully saturated rings. The molecule has 238 valence electrons. The van der Waals surface area contributed by atoms with E-state index < -0.39 is 0 Å². The molecule has 8 rings (SSSR count). The first-order valence-corrected chi connectivity index (χ1v) is 17.0. The van der Waals surface area contributed by atoms with E-state index in [-0.39, 0.29) is 22.5 Å². The smallest absolute Gasteiger partial charge is 0.266 e. The lowest BCUT2D eigenvalue weighted by Gasteiger charge is -2.33. The summed E-state index contributed by atoms with van der Waals surface area (Å²) in [5.74, 6) is -0.725. The van der Waals surface area contributed by atoms with E-state index in [4.69, 9.17) is 12.2 Å². The average molecular weight is 649 g/mol. The molecule has 7 heteroatoms. The summed E-state index contributed by atoms with van der Waals surface area (Å²) in [6, 6.07) is 25.8. The Morgan fingerprint density at radius 1 is 0.604 bits per heavy atom. The van der Waals surface area contributed by atoms with Gasteiger partial charge in [0, 0.05) is 70.5 Å². The average Bonchev–Trinajstić information content (AvgIpc) is 3.76. The molecule has 1 saturated heterocycles. The number of carbonyl (C=O) groups is 2. The van der Waals surface area contributed by atoms with E-state index in [9.17, 15) is 9.59 Å². The van der Waals surface area contributed by atoms with E-state index in [0.29, 0.717) is 18.4 Å². The van der Waals surface area contributed by atoms with Gasteiger partial charge in [0.25, 0.3) is 11.8 Å². The summed E-state index contributed by atoms with van der Waals surface area (Å²) in [4.78, 5) is 30.6. The van der Waals surface area contributed by atoms with E-state index >= 15 is 0 Å². The van der Waals surface area contributed by atoms with Crippen LogP contribution in [0.2, 0.25) is 0 Å². The van der Waals surface area contributed by atoms with Crippen molar-refractivity contribution >= 4 is 84.6 Å². The van der Waals surface area contributed by atoms with Crippen molar-refractivity contribution in [3.05, 3.63) is 118 Å². The Bertz CT molecular complexity index is 2390. The molecule has 0 atom stereocenters. The molecule has 0 spiro atoms. The first kappa shape index (κ1) is 30.1. The Kier molecular flexibility index (Phi) is 7.18. The number of allylic oxidation sites excluding steroid dienone is 5. The summed E-state index contributed by atoms with van der Waals surface area (Å²) in [5, 5.41) is 9.77. The molecule has 2 amide bonds. The topological polar surface area (TPSA) is 50.5 Å². The van der Waals surface area contributed by atoms with Crippen molar-refractivity contribution < 1.29 is 9.59 Å². The molecule has 0 radical (unpaired) electrons. The Hall–Kier alpha value is -5.27. The third-order valence-electron chi connectivity index (χ3n) is 10.2. The summed E-state index contributed by atoms with van der Waals surface area (Å²) in [7, 11) is 3.29. The molecule has 48 heavy (non-hydrogen) atoms. The first-order valence-electron chi connectivity index (χ1n) is 16.6. The monoisotopic (exact) mass is 648 g/mol. The molecule has 6 nitrogen and oxygen atoms in total. The SMILES string of the molecule is CCn1/c(=C\C=C2\CC/C(=C/C=c3/c4cccc5cccc(c54)n3CC)C2=C2C(=O)N(C)C(=S)N(C)C2=O)c2cccc3cccc1c32. The Balaban J connectivity index is 1.37. The van der Waals surface area contributed by atoms with Gasteiger partial charge >= 0.3 is 0 Å². The van der Waals surface area contributed by atoms with Crippen LogP contribution in [-0.4, -0.2) is 50.0 Å². The predicted octanol–water partition coefficient (Wildman–Crippen LogP) is 6.80. The van der Waals surface area contributed by atoms with Gasteiger partial charge in [-0.25, -0.2) is 0 Å². The zero-order valence-electron chi connectivity index (χ0n) is 27.6. The van der Waals surface area contributed by atoms with Crippen LogP contribution in [0.1, 0.15) is 26.7 Å². The lowest BCUT2D eigenvalue weighted by atomic mass is 9.95. The molecule has 2 aromatic heterocycles. The highest BCUT2D eigenvalue weighted by Crippen LogP contribution is 2.40. The van der Waals surface area contributed by atoms with Crippen LogP contribution in [0, 0.1) is 0 Å². The fourth-order valence-electron chi connectivity index (χ4n) is 7.89. The zero-order valence-corrected chi connectivity index (χ0v) is 28.4. The van der Waals surface area contributed by atoms with Crippen LogP contribution in [0.3, 0.4) is 0 Å². The van der Waals surface area contributed by atoms with E-state index in [1.54, 1.807) is 14.1 Å². The summed E-state index contributed by atoms with van der Waals surface area (Å²) >= 11 is 5.45. The Morgan fingerprint density at radius 3 is 1.44 bits per heavy atom. The minimum atomic E-state index is -0.362. The summed E-state index contributed by atoms with van der Waals surface area (Å²) in [6.45, 7) is 5.97. The normalized spacial score (nSPS) is 18.7. The highest BCUT2D eigenvalue weighted by Gasteiger charge is 2.40. The van der Waals surface area contributed by atoms with Crippen molar-refractivity contribution in [1.29, 1.82) is 0 Å². The third kappa shape index (κ3) is 4.34. The number of nitrogens with zero attached hydrogens (tertiary/aromatic N) is 4.